The third-order valence-electron chi connectivity index (χ3n) is 6.57. The molecule has 5 rings (SSSR count). The first kappa shape index (κ1) is 20.9. The summed E-state index contributed by atoms with van der Waals surface area (Å²) in [5.74, 6) is 1.43. The van der Waals surface area contributed by atoms with E-state index in [4.69, 9.17) is 14.5 Å². The Morgan fingerprint density at radius 2 is 2.03 bits per heavy atom. The molecular weight excluding hydrogens is 408 g/mol. The summed E-state index contributed by atoms with van der Waals surface area (Å²) in [5, 5.41) is 0. The van der Waals surface area contributed by atoms with E-state index in [2.05, 4.69) is 20.5 Å². The zero-order chi connectivity index (χ0) is 21.9. The molecule has 0 amide bonds. The molecule has 1 atom stereocenters. The van der Waals surface area contributed by atoms with Crippen molar-refractivity contribution in [3.05, 3.63) is 63.8 Å². The summed E-state index contributed by atoms with van der Waals surface area (Å²) in [6.45, 7) is 5.04. The number of rotatable bonds is 8. The third-order valence-corrected chi connectivity index (χ3v) is 6.57. The monoisotopic (exact) mass is 436 g/mol. The molecule has 0 aliphatic carbocycles. The lowest BCUT2D eigenvalue weighted by Crippen LogP contribution is -2.35. The molecule has 0 spiro atoms. The van der Waals surface area contributed by atoms with Crippen LogP contribution in [0.15, 0.2) is 41.2 Å². The standard InChI is InChI=1S/C24H28N4O4/c29-16-31-15-17-4-5-21-22(12-17)28(13-19-8-11-32-19)23(25-21)14-27-9-6-18(7-10-27)20-2-1-3-24(30)26-20/h1-5,12,16,18-19H,6-11,13-15H2,(H,26,30)/t19-/m0/s1. The van der Waals surface area contributed by atoms with Crippen LogP contribution in [-0.2, 0) is 34.0 Å². The number of piperidine rings is 1. The molecule has 8 heteroatoms. The van der Waals surface area contributed by atoms with Crippen LogP contribution in [0.5, 0.6) is 0 Å². The van der Waals surface area contributed by atoms with Gasteiger partial charge in [-0.05, 0) is 56.1 Å². The molecule has 4 heterocycles. The highest BCUT2D eigenvalue weighted by molar-refractivity contribution is 5.77. The summed E-state index contributed by atoms with van der Waals surface area (Å²) >= 11 is 0. The van der Waals surface area contributed by atoms with Gasteiger partial charge in [0, 0.05) is 24.3 Å². The van der Waals surface area contributed by atoms with Gasteiger partial charge in [-0.2, -0.15) is 0 Å². The zero-order valence-electron chi connectivity index (χ0n) is 18.0. The van der Waals surface area contributed by atoms with Gasteiger partial charge in [0.05, 0.1) is 30.2 Å². The number of pyridine rings is 1. The first-order valence-electron chi connectivity index (χ1n) is 11.3. The van der Waals surface area contributed by atoms with Gasteiger partial charge in [0.2, 0.25) is 5.56 Å². The van der Waals surface area contributed by atoms with E-state index in [1.165, 1.54) is 0 Å². The van der Waals surface area contributed by atoms with Crippen molar-refractivity contribution in [2.45, 2.75) is 51.0 Å². The Labute approximate surface area is 186 Å². The minimum absolute atomic E-state index is 0.0326. The Kier molecular flexibility index (Phi) is 6.05. The Morgan fingerprint density at radius 3 is 2.75 bits per heavy atom. The van der Waals surface area contributed by atoms with Crippen LogP contribution in [-0.4, -0.2) is 51.7 Å². The number of carbonyl (C=O) groups is 1. The fourth-order valence-electron chi connectivity index (χ4n) is 4.70. The van der Waals surface area contributed by atoms with Gasteiger partial charge in [-0.3, -0.25) is 14.5 Å². The van der Waals surface area contributed by atoms with Crippen LogP contribution < -0.4 is 5.56 Å². The number of likely N-dealkylation sites (tertiary alicyclic amines) is 1. The first-order valence-corrected chi connectivity index (χ1v) is 11.3. The number of H-pyrrole nitrogens is 1. The average molecular weight is 437 g/mol. The maximum absolute atomic E-state index is 11.6. The molecule has 2 aliphatic rings. The van der Waals surface area contributed by atoms with Crippen LogP contribution in [0, 0.1) is 0 Å². The molecule has 2 saturated heterocycles. The van der Waals surface area contributed by atoms with E-state index in [9.17, 15) is 9.59 Å². The molecule has 0 radical (unpaired) electrons. The van der Waals surface area contributed by atoms with E-state index in [0.717, 1.165) is 80.2 Å². The molecule has 8 nitrogen and oxygen atoms in total. The smallest absolute Gasteiger partial charge is 0.293 e. The number of imidazole rings is 1. The summed E-state index contributed by atoms with van der Waals surface area (Å²) < 4.78 is 12.9. The summed E-state index contributed by atoms with van der Waals surface area (Å²) in [4.78, 5) is 32.6. The molecular formula is C24H28N4O4. The number of carbonyl (C=O) groups excluding carboxylic acids is 1. The number of hydrogen-bond donors (Lipinski definition) is 1. The Morgan fingerprint density at radius 1 is 1.19 bits per heavy atom. The number of aromatic nitrogens is 3. The summed E-state index contributed by atoms with van der Waals surface area (Å²) in [5.41, 5.74) is 3.96. The van der Waals surface area contributed by atoms with Gasteiger partial charge in [0.15, 0.2) is 0 Å². The normalized spacial score (nSPS) is 19.7. The van der Waals surface area contributed by atoms with Crippen LogP contribution in [0.2, 0.25) is 0 Å². The van der Waals surface area contributed by atoms with Crippen molar-refractivity contribution in [1.82, 2.24) is 19.4 Å². The van der Waals surface area contributed by atoms with Crippen molar-refractivity contribution in [3.8, 4) is 0 Å². The zero-order valence-corrected chi connectivity index (χ0v) is 18.0. The van der Waals surface area contributed by atoms with Gasteiger partial charge in [-0.1, -0.05) is 12.1 Å². The van der Waals surface area contributed by atoms with Crippen LogP contribution in [0.4, 0.5) is 0 Å². The van der Waals surface area contributed by atoms with Crippen molar-refractivity contribution in [2.24, 2.45) is 0 Å². The number of benzene rings is 1. The van der Waals surface area contributed by atoms with Crippen LogP contribution in [0.1, 0.15) is 42.3 Å². The summed E-state index contributed by atoms with van der Waals surface area (Å²) in [6.07, 6.45) is 3.31. The van der Waals surface area contributed by atoms with Gasteiger partial charge < -0.3 is 19.0 Å². The molecule has 168 valence electrons. The SMILES string of the molecule is O=COCc1ccc2nc(CN3CCC(c4cccc(=O)[nH]4)CC3)n(C[C@@H]3CCO3)c2c1. The second-order valence-electron chi connectivity index (χ2n) is 8.67. The van der Waals surface area contributed by atoms with Crippen molar-refractivity contribution in [2.75, 3.05) is 19.7 Å². The van der Waals surface area contributed by atoms with Gasteiger partial charge in [-0.15, -0.1) is 0 Å². The fourth-order valence-corrected chi connectivity index (χ4v) is 4.70. The van der Waals surface area contributed by atoms with Gasteiger partial charge in [-0.25, -0.2) is 4.98 Å². The quantitative estimate of drug-likeness (QED) is 0.546. The third kappa shape index (κ3) is 4.47. The molecule has 1 aromatic carbocycles. The van der Waals surface area contributed by atoms with Gasteiger partial charge in [0.1, 0.15) is 12.4 Å². The number of aromatic amines is 1. The Balaban J connectivity index is 1.33. The fraction of sp³-hybridized carbons (Fsp3) is 0.458. The van der Waals surface area contributed by atoms with E-state index in [1.54, 1.807) is 6.07 Å². The molecule has 0 saturated carbocycles. The maximum atomic E-state index is 11.6. The number of ether oxygens (including phenoxy) is 2. The van der Waals surface area contributed by atoms with Gasteiger partial charge in [0.25, 0.3) is 6.47 Å². The predicted molar refractivity (Wildman–Crippen MR) is 119 cm³/mol. The Hall–Kier alpha value is -2.97. The van der Waals surface area contributed by atoms with E-state index >= 15 is 0 Å². The van der Waals surface area contributed by atoms with E-state index in [0.29, 0.717) is 12.4 Å². The minimum atomic E-state index is -0.0326. The maximum Gasteiger partial charge on any atom is 0.293 e. The van der Waals surface area contributed by atoms with E-state index in [1.807, 2.05) is 24.3 Å². The second-order valence-corrected chi connectivity index (χ2v) is 8.67. The largest absolute Gasteiger partial charge is 0.463 e. The van der Waals surface area contributed by atoms with Gasteiger partial charge >= 0.3 is 0 Å². The molecule has 2 fully saturated rings. The molecule has 0 unspecified atom stereocenters. The highest BCUT2D eigenvalue weighted by atomic mass is 16.5. The number of nitrogens with one attached hydrogen (secondary N) is 1. The summed E-state index contributed by atoms with van der Waals surface area (Å²) in [6, 6.07) is 11.4. The highest BCUT2D eigenvalue weighted by Crippen LogP contribution is 2.28. The van der Waals surface area contributed by atoms with E-state index < -0.39 is 0 Å². The van der Waals surface area contributed by atoms with Crippen LogP contribution in [0.3, 0.4) is 0 Å². The van der Waals surface area contributed by atoms with Crippen LogP contribution >= 0.6 is 0 Å². The Bertz CT molecular complexity index is 1140. The lowest BCUT2D eigenvalue weighted by molar-refractivity contribution is -0.129. The van der Waals surface area contributed by atoms with Crippen molar-refractivity contribution < 1.29 is 14.3 Å². The van der Waals surface area contributed by atoms with Crippen molar-refractivity contribution in [3.63, 3.8) is 0 Å². The first-order chi connectivity index (χ1) is 15.7. The van der Waals surface area contributed by atoms with E-state index in [-0.39, 0.29) is 18.3 Å². The number of fused-ring (bicyclic) bond motifs is 1. The molecule has 2 aromatic heterocycles. The molecule has 2 aliphatic heterocycles. The topological polar surface area (TPSA) is 89.5 Å². The van der Waals surface area contributed by atoms with Crippen LogP contribution in [0.25, 0.3) is 11.0 Å². The summed E-state index contributed by atoms with van der Waals surface area (Å²) in [7, 11) is 0. The lowest BCUT2D eigenvalue weighted by Gasteiger charge is -2.32. The second kappa shape index (κ2) is 9.26. The predicted octanol–water partition coefficient (Wildman–Crippen LogP) is 2.57. The average Bonchev–Trinajstić information content (AvgIpc) is 3.11. The lowest BCUT2D eigenvalue weighted by atomic mass is 9.93. The highest BCUT2D eigenvalue weighted by Gasteiger charge is 2.25. The molecule has 1 N–H and O–H groups in total. The minimum Gasteiger partial charge on any atom is -0.463 e. The van der Waals surface area contributed by atoms with Crippen molar-refractivity contribution in [1.29, 1.82) is 0 Å². The molecule has 0 bridgehead atoms. The number of nitrogens with zero attached hydrogens (tertiary/aromatic N) is 3. The number of hydrogen-bond acceptors (Lipinski definition) is 6. The van der Waals surface area contributed by atoms with Crippen molar-refractivity contribution >= 4 is 17.5 Å². The molecule has 32 heavy (non-hydrogen) atoms. The molecule has 3 aromatic rings.